The molecule has 60 valence electrons. The van der Waals surface area contributed by atoms with Gasteiger partial charge in [0, 0.05) is 18.5 Å². The van der Waals surface area contributed by atoms with Gasteiger partial charge in [0.15, 0.2) is 0 Å². The number of carbonyl (C=O) groups is 1. The third-order valence-corrected chi connectivity index (χ3v) is 1.42. The number of aromatic nitrogens is 2. The number of nitrogens with one attached hydrogen (secondary N) is 2. The van der Waals surface area contributed by atoms with Crippen molar-refractivity contribution in [1.29, 1.82) is 0 Å². The highest BCUT2D eigenvalue weighted by atomic mass is 16.2. The number of nitrogens with zero attached hydrogens (tertiary/aromatic N) is 2. The lowest BCUT2D eigenvalue weighted by molar-refractivity contribution is -0.115. The first-order valence-electron chi connectivity index (χ1n) is 3.41. The van der Waals surface area contributed by atoms with Crippen LogP contribution in [-0.2, 0) is 4.79 Å². The van der Waals surface area contributed by atoms with Gasteiger partial charge in [0.2, 0.25) is 0 Å². The summed E-state index contributed by atoms with van der Waals surface area (Å²) in [6.45, 7) is 0. The molecule has 0 saturated carbocycles. The molecule has 2 rings (SSSR count). The fourth-order valence-electron chi connectivity index (χ4n) is 0.882. The molecule has 2 heterocycles. The molecule has 0 bridgehead atoms. The number of hydrogen-bond donors (Lipinski definition) is 2. The summed E-state index contributed by atoms with van der Waals surface area (Å²) in [4.78, 5) is 21.5. The fourth-order valence-corrected chi connectivity index (χ4v) is 0.882. The standard InChI is InChI=1S/C7H6N4O/c12-7-5(10-4-11-7)3-6-8-1-2-9-6/h1-4H,(H,8,9)(H,10,11,12)/b5-3+. The molecule has 12 heavy (non-hydrogen) atoms. The van der Waals surface area contributed by atoms with Gasteiger partial charge in [-0.25, -0.2) is 9.98 Å². The number of rotatable bonds is 1. The Morgan fingerprint density at radius 1 is 1.50 bits per heavy atom. The molecule has 0 saturated heterocycles. The quantitative estimate of drug-likeness (QED) is 0.566. The van der Waals surface area contributed by atoms with E-state index in [-0.39, 0.29) is 5.91 Å². The van der Waals surface area contributed by atoms with E-state index >= 15 is 0 Å². The summed E-state index contributed by atoms with van der Waals surface area (Å²) in [6, 6.07) is 0. The Morgan fingerprint density at radius 2 is 2.42 bits per heavy atom. The van der Waals surface area contributed by atoms with Gasteiger partial charge < -0.3 is 10.3 Å². The van der Waals surface area contributed by atoms with Gasteiger partial charge in [-0.05, 0) is 0 Å². The number of amides is 1. The molecule has 0 radical (unpaired) electrons. The first-order chi connectivity index (χ1) is 5.86. The summed E-state index contributed by atoms with van der Waals surface area (Å²) in [6.07, 6.45) is 6.24. The highest BCUT2D eigenvalue weighted by molar-refractivity contribution is 6.07. The Balaban J connectivity index is 2.29. The third-order valence-electron chi connectivity index (χ3n) is 1.42. The van der Waals surface area contributed by atoms with Crippen LogP contribution in [0.25, 0.3) is 6.08 Å². The molecule has 0 fully saturated rings. The van der Waals surface area contributed by atoms with Crippen molar-refractivity contribution in [3.63, 3.8) is 0 Å². The van der Waals surface area contributed by atoms with E-state index < -0.39 is 0 Å². The van der Waals surface area contributed by atoms with Gasteiger partial charge in [-0.15, -0.1) is 0 Å². The van der Waals surface area contributed by atoms with Crippen molar-refractivity contribution in [1.82, 2.24) is 15.3 Å². The van der Waals surface area contributed by atoms with E-state index in [1.54, 1.807) is 18.5 Å². The molecular weight excluding hydrogens is 156 g/mol. The van der Waals surface area contributed by atoms with E-state index in [1.165, 1.54) is 6.34 Å². The van der Waals surface area contributed by atoms with Crippen LogP contribution < -0.4 is 5.32 Å². The number of carbonyl (C=O) groups excluding carboxylic acids is 1. The maximum absolute atomic E-state index is 11.0. The SMILES string of the molecule is O=C1NC=N/C1=C/c1ncc[nH]1. The number of H-pyrrole nitrogens is 1. The van der Waals surface area contributed by atoms with Gasteiger partial charge in [0.25, 0.3) is 5.91 Å². The van der Waals surface area contributed by atoms with E-state index in [4.69, 9.17) is 0 Å². The largest absolute Gasteiger partial charge is 0.345 e. The number of aromatic amines is 1. The lowest BCUT2D eigenvalue weighted by atomic mass is 10.4. The average molecular weight is 162 g/mol. The Morgan fingerprint density at radius 3 is 3.00 bits per heavy atom. The van der Waals surface area contributed by atoms with Crippen LogP contribution in [0.15, 0.2) is 23.1 Å². The lowest BCUT2D eigenvalue weighted by Crippen LogP contribution is -2.14. The van der Waals surface area contributed by atoms with Gasteiger partial charge in [0.1, 0.15) is 11.5 Å². The van der Waals surface area contributed by atoms with Crippen LogP contribution in [-0.4, -0.2) is 22.2 Å². The van der Waals surface area contributed by atoms with Gasteiger partial charge >= 0.3 is 0 Å². The Kier molecular flexibility index (Phi) is 1.48. The Hall–Kier alpha value is -1.91. The minimum Gasteiger partial charge on any atom is -0.345 e. The van der Waals surface area contributed by atoms with Crippen LogP contribution in [0.2, 0.25) is 0 Å². The second-order valence-corrected chi connectivity index (χ2v) is 2.24. The van der Waals surface area contributed by atoms with Crippen LogP contribution in [0, 0.1) is 0 Å². The van der Waals surface area contributed by atoms with Crippen molar-refractivity contribution in [2.24, 2.45) is 4.99 Å². The summed E-state index contributed by atoms with van der Waals surface area (Å²) in [5, 5.41) is 2.44. The second kappa shape index (κ2) is 2.61. The molecule has 0 spiro atoms. The molecule has 5 nitrogen and oxygen atoms in total. The fraction of sp³-hybridized carbons (Fsp3) is 0. The van der Waals surface area contributed by atoms with E-state index in [1.807, 2.05) is 0 Å². The van der Waals surface area contributed by atoms with E-state index in [0.717, 1.165) is 0 Å². The zero-order valence-corrected chi connectivity index (χ0v) is 6.11. The summed E-state index contributed by atoms with van der Waals surface area (Å²) in [7, 11) is 0. The predicted molar refractivity (Wildman–Crippen MR) is 43.2 cm³/mol. The molecular formula is C7H6N4O. The Labute approximate surface area is 68.2 Å². The summed E-state index contributed by atoms with van der Waals surface area (Å²) in [5.74, 6) is 0.422. The zero-order valence-electron chi connectivity index (χ0n) is 6.11. The lowest BCUT2D eigenvalue weighted by Gasteiger charge is -1.88. The maximum atomic E-state index is 11.0. The zero-order chi connectivity index (χ0) is 8.39. The van der Waals surface area contributed by atoms with Crippen LogP contribution in [0.1, 0.15) is 5.82 Å². The van der Waals surface area contributed by atoms with E-state index in [2.05, 4.69) is 20.3 Å². The van der Waals surface area contributed by atoms with Crippen LogP contribution in [0.3, 0.4) is 0 Å². The highest BCUT2D eigenvalue weighted by Gasteiger charge is 2.11. The number of aliphatic imine (C=N–C) groups is 1. The van der Waals surface area contributed by atoms with Gasteiger partial charge in [-0.3, -0.25) is 4.79 Å². The van der Waals surface area contributed by atoms with Crippen molar-refractivity contribution in [2.45, 2.75) is 0 Å². The number of imidazole rings is 1. The molecule has 0 aliphatic carbocycles. The van der Waals surface area contributed by atoms with Gasteiger partial charge in [0.05, 0.1) is 6.34 Å². The van der Waals surface area contributed by atoms with Gasteiger partial charge in [-0.1, -0.05) is 0 Å². The highest BCUT2D eigenvalue weighted by Crippen LogP contribution is 2.05. The third kappa shape index (κ3) is 1.12. The molecule has 0 unspecified atom stereocenters. The number of hydrogen-bond acceptors (Lipinski definition) is 3. The van der Waals surface area contributed by atoms with Crippen LogP contribution in [0.5, 0.6) is 0 Å². The predicted octanol–water partition coefficient (Wildman–Crippen LogP) is -0.0913. The second-order valence-electron chi connectivity index (χ2n) is 2.24. The molecule has 1 amide bonds. The van der Waals surface area contributed by atoms with E-state index in [0.29, 0.717) is 11.5 Å². The maximum Gasteiger partial charge on any atom is 0.275 e. The van der Waals surface area contributed by atoms with Crippen LogP contribution >= 0.6 is 0 Å². The summed E-state index contributed by atoms with van der Waals surface area (Å²) < 4.78 is 0. The molecule has 0 aromatic carbocycles. The molecule has 1 aliphatic heterocycles. The molecule has 1 aromatic rings. The minimum absolute atomic E-state index is 0.202. The monoisotopic (exact) mass is 162 g/mol. The Bertz CT molecular complexity index is 349. The van der Waals surface area contributed by atoms with Crippen LogP contribution in [0.4, 0.5) is 0 Å². The molecule has 5 heteroatoms. The normalized spacial score (nSPS) is 18.7. The van der Waals surface area contributed by atoms with Crippen molar-refractivity contribution in [3.05, 3.63) is 23.9 Å². The topological polar surface area (TPSA) is 70.1 Å². The molecule has 1 aromatic heterocycles. The van der Waals surface area contributed by atoms with Crippen molar-refractivity contribution in [3.8, 4) is 0 Å². The summed E-state index contributed by atoms with van der Waals surface area (Å²) >= 11 is 0. The smallest absolute Gasteiger partial charge is 0.275 e. The molecule has 0 atom stereocenters. The molecule has 2 N–H and O–H groups in total. The molecule has 1 aliphatic rings. The van der Waals surface area contributed by atoms with Crippen molar-refractivity contribution in [2.75, 3.05) is 0 Å². The first-order valence-corrected chi connectivity index (χ1v) is 3.41. The summed E-state index contributed by atoms with van der Waals surface area (Å²) in [5.41, 5.74) is 0.366. The average Bonchev–Trinajstić information content (AvgIpc) is 2.65. The van der Waals surface area contributed by atoms with Gasteiger partial charge in [-0.2, -0.15) is 0 Å². The van der Waals surface area contributed by atoms with Crippen molar-refractivity contribution < 1.29 is 4.79 Å². The first kappa shape index (κ1) is 6.78. The van der Waals surface area contributed by atoms with Crippen molar-refractivity contribution >= 4 is 18.3 Å². The van der Waals surface area contributed by atoms with E-state index in [9.17, 15) is 4.79 Å². The minimum atomic E-state index is -0.202.